The summed E-state index contributed by atoms with van der Waals surface area (Å²) >= 11 is 6.02. The molecule has 0 N–H and O–H groups in total. The van der Waals surface area contributed by atoms with Crippen molar-refractivity contribution in [2.45, 2.75) is 0 Å². The van der Waals surface area contributed by atoms with Gasteiger partial charge in [-0.05, 0) is 23.2 Å². The van der Waals surface area contributed by atoms with Crippen molar-refractivity contribution in [3.05, 3.63) is 182 Å². The van der Waals surface area contributed by atoms with Crippen molar-refractivity contribution in [3.63, 3.8) is 0 Å². The quantitative estimate of drug-likeness (QED) is 0.150. The average molecular weight is 814 g/mol. The van der Waals surface area contributed by atoms with Crippen LogP contribution in [0.2, 0.25) is 0 Å². The van der Waals surface area contributed by atoms with Crippen LogP contribution in [0.1, 0.15) is 0 Å². The van der Waals surface area contributed by atoms with Crippen LogP contribution in [0, 0.1) is 0 Å². The number of hydrogen-bond donors (Lipinski definition) is 0. The molecule has 0 aromatic heterocycles. The van der Waals surface area contributed by atoms with Gasteiger partial charge in [0.1, 0.15) is 0 Å². The van der Waals surface area contributed by atoms with E-state index in [2.05, 4.69) is 205 Å². The first-order chi connectivity index (χ1) is 20.6. The summed E-state index contributed by atoms with van der Waals surface area (Å²) < 4.78 is 7.99. The van der Waals surface area contributed by atoms with Gasteiger partial charge in [-0.2, -0.15) is 0 Å². The summed E-state index contributed by atoms with van der Waals surface area (Å²) in [4.78, 5) is 8.98. The Balaban J connectivity index is 0.000000206. The summed E-state index contributed by atoms with van der Waals surface area (Å²) in [6.45, 7) is 0. The van der Waals surface area contributed by atoms with Crippen LogP contribution in [-0.4, -0.2) is 34.0 Å². The molecule has 0 atom stereocenters. The standard InChI is InChI=1S/2C18H15As.CCl2O.Rh/c2*1-4-10-16(11-5-1)19(17-12-6-2-7-13-17)18-14-8-3-9-15-18;2-1(3)4;/h2*1-15H;;. The third kappa shape index (κ3) is 11.4. The Morgan fingerprint density at radius 2 is 0.442 bits per heavy atom. The van der Waals surface area contributed by atoms with Gasteiger partial charge in [-0.15, -0.1) is 0 Å². The second-order valence-electron chi connectivity index (χ2n) is 8.91. The van der Waals surface area contributed by atoms with E-state index in [1.807, 2.05) is 0 Å². The Labute approximate surface area is 287 Å². The van der Waals surface area contributed by atoms with E-state index >= 15 is 0 Å². The van der Waals surface area contributed by atoms with E-state index in [1.54, 1.807) is 0 Å². The summed E-state index contributed by atoms with van der Waals surface area (Å²) in [7, 11) is 0. The molecule has 217 valence electrons. The molecule has 0 aliphatic heterocycles. The fourth-order valence-corrected chi connectivity index (χ4v) is 14.0. The predicted octanol–water partition coefficient (Wildman–Crippen LogP) is 5.99. The van der Waals surface area contributed by atoms with Crippen LogP contribution in [0.25, 0.3) is 0 Å². The molecule has 0 heterocycles. The number of carbonyl (C=O) groups is 1. The van der Waals surface area contributed by atoms with Gasteiger partial charge in [-0.1, -0.05) is 0 Å². The summed E-state index contributed by atoms with van der Waals surface area (Å²) in [5.41, 5.74) is 0. The molecule has 0 saturated carbocycles. The number of halogens is 2. The number of rotatable bonds is 6. The zero-order valence-corrected chi connectivity index (χ0v) is 30.1. The molecule has 0 unspecified atom stereocenters. The van der Waals surface area contributed by atoms with Crippen LogP contribution >= 0.6 is 23.2 Å². The van der Waals surface area contributed by atoms with Gasteiger partial charge in [0.2, 0.25) is 0 Å². The van der Waals surface area contributed by atoms with Gasteiger partial charge in [0, 0.05) is 19.5 Å². The number of benzene rings is 6. The van der Waals surface area contributed by atoms with Crippen LogP contribution in [0.4, 0.5) is 4.79 Å². The molecule has 6 aromatic rings. The van der Waals surface area contributed by atoms with E-state index in [9.17, 15) is 0 Å². The first kappa shape index (κ1) is 34.8. The van der Waals surface area contributed by atoms with Crippen molar-refractivity contribution in [1.29, 1.82) is 0 Å². The molecule has 0 fully saturated rings. The Bertz CT molecular complexity index is 1280. The van der Waals surface area contributed by atoms with E-state index in [-0.39, 0.29) is 19.5 Å². The zero-order chi connectivity index (χ0) is 29.4. The van der Waals surface area contributed by atoms with Crippen molar-refractivity contribution in [1.82, 2.24) is 0 Å². The van der Waals surface area contributed by atoms with Crippen LogP contribution < -0.4 is 26.1 Å². The molecule has 0 saturated heterocycles. The molecular formula is C37H30As2Cl2ORh. The monoisotopic (exact) mass is 813 g/mol. The maximum atomic E-state index is 8.98. The zero-order valence-electron chi connectivity index (χ0n) is 23.2. The van der Waals surface area contributed by atoms with Gasteiger partial charge >= 0.3 is 242 Å². The normalized spacial score (nSPS) is 9.95. The minimum atomic E-state index is -1.39. The molecular weight excluding hydrogens is 784 g/mol. The van der Waals surface area contributed by atoms with Gasteiger partial charge in [0.15, 0.2) is 0 Å². The molecule has 43 heavy (non-hydrogen) atoms. The Morgan fingerprint density at radius 1 is 0.326 bits per heavy atom. The molecule has 0 bridgehead atoms. The van der Waals surface area contributed by atoms with Crippen molar-refractivity contribution in [2.75, 3.05) is 0 Å². The molecule has 6 rings (SSSR count). The Hall–Kier alpha value is -2.69. The first-order valence-electron chi connectivity index (χ1n) is 13.4. The van der Waals surface area contributed by atoms with Crippen molar-refractivity contribution in [2.24, 2.45) is 0 Å². The van der Waals surface area contributed by atoms with Crippen LogP contribution in [0.15, 0.2) is 182 Å². The van der Waals surface area contributed by atoms with Crippen LogP contribution in [0.5, 0.6) is 0 Å². The molecule has 1 radical (unpaired) electrons. The first-order valence-corrected chi connectivity index (χ1v) is 19.8. The van der Waals surface area contributed by atoms with Gasteiger partial charge in [-0.25, -0.2) is 0 Å². The van der Waals surface area contributed by atoms with E-state index in [0.29, 0.717) is 0 Å². The van der Waals surface area contributed by atoms with Gasteiger partial charge in [0.25, 0.3) is 0 Å². The van der Waals surface area contributed by atoms with Crippen molar-refractivity contribution in [3.8, 4) is 0 Å². The van der Waals surface area contributed by atoms with E-state index in [4.69, 9.17) is 4.79 Å². The van der Waals surface area contributed by atoms with Crippen LogP contribution in [0.3, 0.4) is 0 Å². The second-order valence-corrected chi connectivity index (χ2v) is 19.1. The Morgan fingerprint density at radius 3 is 0.558 bits per heavy atom. The van der Waals surface area contributed by atoms with E-state index in [1.165, 1.54) is 26.1 Å². The molecule has 0 amide bonds. The predicted molar refractivity (Wildman–Crippen MR) is 185 cm³/mol. The van der Waals surface area contributed by atoms with Gasteiger partial charge in [-0.3, -0.25) is 4.79 Å². The molecule has 0 aliphatic rings. The van der Waals surface area contributed by atoms with Gasteiger partial charge < -0.3 is 0 Å². The summed E-state index contributed by atoms with van der Waals surface area (Å²) in [5.74, 6) is 0. The summed E-state index contributed by atoms with van der Waals surface area (Å²) in [6.07, 6.45) is 0. The molecule has 6 heteroatoms. The summed E-state index contributed by atoms with van der Waals surface area (Å²) in [5, 5.41) is 0. The van der Waals surface area contributed by atoms with E-state index < -0.39 is 34.0 Å². The SMILES string of the molecule is O=C(Cl)Cl.[Rh].c1ccc([As](c2ccccc2)c2ccccc2)cc1.c1ccc([As](c2ccccc2)c2ccccc2)cc1. The topological polar surface area (TPSA) is 17.1 Å². The van der Waals surface area contributed by atoms with Crippen molar-refractivity contribution < 1.29 is 24.3 Å². The van der Waals surface area contributed by atoms with Crippen molar-refractivity contribution >= 4 is 83.3 Å². The third-order valence-corrected chi connectivity index (χ3v) is 16.3. The fourth-order valence-electron chi connectivity index (χ4n) is 4.36. The summed E-state index contributed by atoms with van der Waals surface area (Å²) in [6, 6.07) is 65.4. The molecule has 0 spiro atoms. The molecule has 6 aromatic carbocycles. The molecule has 1 nitrogen and oxygen atoms in total. The Kier molecular flexibility index (Phi) is 15.8. The number of carbonyl (C=O) groups excluding carboxylic acids is 1. The average Bonchev–Trinajstić information content (AvgIpc) is 3.05. The second kappa shape index (κ2) is 19.6. The number of hydrogen-bond acceptors (Lipinski definition) is 1. The maximum absolute atomic E-state index is 8.98. The van der Waals surface area contributed by atoms with E-state index in [0.717, 1.165) is 0 Å². The minimum absolute atomic E-state index is 0. The fraction of sp³-hybridized carbons (Fsp3) is 0. The van der Waals surface area contributed by atoms with Gasteiger partial charge in [0.05, 0.1) is 0 Å². The molecule has 0 aliphatic carbocycles. The van der Waals surface area contributed by atoms with Crippen LogP contribution in [-0.2, 0) is 19.5 Å². The third-order valence-electron chi connectivity index (χ3n) is 6.09.